The van der Waals surface area contributed by atoms with Crippen LogP contribution in [0.15, 0.2) is 18.2 Å². The fraction of sp³-hybridized carbons (Fsp3) is 0.600. The van der Waals surface area contributed by atoms with E-state index in [1.54, 1.807) is 19.1 Å². The van der Waals surface area contributed by atoms with Crippen LogP contribution in [0.25, 0.3) is 0 Å². The predicted octanol–water partition coefficient (Wildman–Crippen LogP) is 3.27. The van der Waals surface area contributed by atoms with Gasteiger partial charge in [0.2, 0.25) is 0 Å². The van der Waals surface area contributed by atoms with Crippen LogP contribution in [-0.4, -0.2) is 22.6 Å². The Labute approximate surface area is 119 Å². The number of nitro groups is 1. The van der Waals surface area contributed by atoms with Gasteiger partial charge in [0.15, 0.2) is 0 Å². The van der Waals surface area contributed by atoms with Gasteiger partial charge in [-0.05, 0) is 44.2 Å². The predicted molar refractivity (Wildman–Crippen MR) is 78.9 cm³/mol. The summed E-state index contributed by atoms with van der Waals surface area (Å²) >= 11 is 0. The van der Waals surface area contributed by atoms with Gasteiger partial charge in [0, 0.05) is 18.7 Å². The second-order valence-electron chi connectivity index (χ2n) is 5.85. The van der Waals surface area contributed by atoms with Crippen molar-refractivity contribution in [3.05, 3.63) is 33.9 Å². The standard InChI is InChI=1S/C15H22N2O3/c1-10-6-7-16(11(2)8-10)14-5-4-13(12(3)18)9-15(14)17(19)20/h4-5,9-12,18H,6-8H2,1-3H3. The zero-order valence-corrected chi connectivity index (χ0v) is 12.2. The topological polar surface area (TPSA) is 66.6 Å². The highest BCUT2D eigenvalue weighted by Crippen LogP contribution is 2.35. The van der Waals surface area contributed by atoms with E-state index in [4.69, 9.17) is 0 Å². The number of hydrogen-bond donors (Lipinski definition) is 1. The fourth-order valence-corrected chi connectivity index (χ4v) is 2.95. The van der Waals surface area contributed by atoms with Crippen molar-refractivity contribution in [3.63, 3.8) is 0 Å². The van der Waals surface area contributed by atoms with Crippen molar-refractivity contribution in [1.29, 1.82) is 0 Å². The highest BCUT2D eigenvalue weighted by atomic mass is 16.6. The van der Waals surface area contributed by atoms with Gasteiger partial charge in [-0.1, -0.05) is 13.0 Å². The Hall–Kier alpha value is -1.62. The van der Waals surface area contributed by atoms with Gasteiger partial charge >= 0.3 is 0 Å². The van der Waals surface area contributed by atoms with E-state index in [0.717, 1.165) is 19.4 Å². The van der Waals surface area contributed by atoms with Crippen molar-refractivity contribution in [2.45, 2.75) is 45.8 Å². The maximum atomic E-state index is 11.3. The fourth-order valence-electron chi connectivity index (χ4n) is 2.95. The molecule has 1 aromatic carbocycles. The minimum atomic E-state index is -0.693. The normalized spacial score (nSPS) is 24.5. The van der Waals surface area contributed by atoms with Crippen molar-refractivity contribution in [2.24, 2.45) is 5.92 Å². The average molecular weight is 278 g/mol. The van der Waals surface area contributed by atoms with E-state index in [1.807, 2.05) is 0 Å². The molecule has 1 aromatic rings. The Morgan fingerprint density at radius 1 is 1.45 bits per heavy atom. The van der Waals surface area contributed by atoms with Gasteiger partial charge in [-0.15, -0.1) is 0 Å². The Morgan fingerprint density at radius 3 is 2.70 bits per heavy atom. The van der Waals surface area contributed by atoms with E-state index in [9.17, 15) is 15.2 Å². The summed E-state index contributed by atoms with van der Waals surface area (Å²) in [4.78, 5) is 13.1. The van der Waals surface area contributed by atoms with Crippen molar-refractivity contribution >= 4 is 11.4 Å². The molecule has 1 aliphatic rings. The quantitative estimate of drug-likeness (QED) is 0.680. The molecule has 0 aromatic heterocycles. The first kappa shape index (κ1) is 14.8. The largest absolute Gasteiger partial charge is 0.389 e. The number of nitrogens with zero attached hydrogens (tertiary/aromatic N) is 2. The molecule has 0 radical (unpaired) electrons. The van der Waals surface area contributed by atoms with Gasteiger partial charge in [-0.3, -0.25) is 10.1 Å². The Balaban J connectivity index is 2.38. The van der Waals surface area contributed by atoms with E-state index in [1.165, 1.54) is 6.07 Å². The van der Waals surface area contributed by atoms with Crippen molar-refractivity contribution in [2.75, 3.05) is 11.4 Å². The lowest BCUT2D eigenvalue weighted by atomic mass is 9.92. The molecule has 110 valence electrons. The minimum Gasteiger partial charge on any atom is -0.389 e. The third kappa shape index (κ3) is 2.93. The van der Waals surface area contributed by atoms with Gasteiger partial charge in [0.05, 0.1) is 11.0 Å². The number of piperidine rings is 1. The average Bonchev–Trinajstić information content (AvgIpc) is 2.38. The summed E-state index contributed by atoms with van der Waals surface area (Å²) in [7, 11) is 0. The Bertz CT molecular complexity index is 502. The van der Waals surface area contributed by atoms with E-state index >= 15 is 0 Å². The molecule has 0 spiro atoms. The van der Waals surface area contributed by atoms with Crippen LogP contribution in [0.2, 0.25) is 0 Å². The molecule has 20 heavy (non-hydrogen) atoms. The van der Waals surface area contributed by atoms with Gasteiger partial charge in [0.1, 0.15) is 5.69 Å². The van der Waals surface area contributed by atoms with Crippen LogP contribution in [-0.2, 0) is 0 Å². The first-order valence-corrected chi connectivity index (χ1v) is 7.13. The Kier molecular flexibility index (Phi) is 4.28. The minimum absolute atomic E-state index is 0.0878. The Morgan fingerprint density at radius 2 is 2.15 bits per heavy atom. The molecule has 2 rings (SSSR count). The van der Waals surface area contributed by atoms with Gasteiger partial charge in [-0.25, -0.2) is 0 Å². The van der Waals surface area contributed by atoms with E-state index in [0.29, 0.717) is 23.2 Å². The molecule has 3 unspecified atom stereocenters. The maximum absolute atomic E-state index is 11.3. The summed E-state index contributed by atoms with van der Waals surface area (Å²) in [5.41, 5.74) is 1.34. The van der Waals surface area contributed by atoms with Crippen LogP contribution in [0.5, 0.6) is 0 Å². The van der Waals surface area contributed by atoms with E-state index in [-0.39, 0.29) is 10.6 Å². The molecule has 1 N–H and O–H groups in total. The first-order valence-electron chi connectivity index (χ1n) is 7.13. The number of aliphatic hydroxyl groups excluding tert-OH is 1. The molecule has 0 saturated carbocycles. The molecular formula is C15H22N2O3. The van der Waals surface area contributed by atoms with Crippen LogP contribution in [0.1, 0.15) is 45.3 Å². The maximum Gasteiger partial charge on any atom is 0.292 e. The van der Waals surface area contributed by atoms with Crippen LogP contribution in [0.4, 0.5) is 11.4 Å². The molecule has 3 atom stereocenters. The molecule has 0 amide bonds. The SMILES string of the molecule is CC1CCN(c2ccc(C(C)O)cc2[N+](=O)[O-])C(C)C1. The molecule has 5 nitrogen and oxygen atoms in total. The summed E-state index contributed by atoms with van der Waals surface area (Å²) in [6.45, 7) is 6.79. The highest BCUT2D eigenvalue weighted by Gasteiger charge is 2.28. The zero-order valence-electron chi connectivity index (χ0n) is 12.2. The van der Waals surface area contributed by atoms with Crippen molar-refractivity contribution < 1.29 is 10.0 Å². The number of benzene rings is 1. The van der Waals surface area contributed by atoms with E-state index in [2.05, 4.69) is 18.7 Å². The third-order valence-electron chi connectivity index (χ3n) is 4.13. The van der Waals surface area contributed by atoms with Gasteiger partial charge in [0.25, 0.3) is 5.69 Å². The van der Waals surface area contributed by atoms with Gasteiger partial charge < -0.3 is 10.0 Å². The summed E-state index contributed by atoms with van der Waals surface area (Å²) in [5, 5.41) is 20.9. The molecule has 0 aliphatic carbocycles. The molecule has 1 aliphatic heterocycles. The molecule has 1 fully saturated rings. The van der Waals surface area contributed by atoms with Crippen molar-refractivity contribution in [1.82, 2.24) is 0 Å². The lowest BCUT2D eigenvalue weighted by Gasteiger charge is -2.38. The number of aliphatic hydroxyl groups is 1. The van der Waals surface area contributed by atoms with Crippen LogP contribution < -0.4 is 4.90 Å². The number of anilines is 1. The lowest BCUT2D eigenvalue weighted by Crippen LogP contribution is -2.40. The zero-order chi connectivity index (χ0) is 14.9. The smallest absolute Gasteiger partial charge is 0.292 e. The molecule has 5 heteroatoms. The molecule has 1 saturated heterocycles. The summed E-state index contributed by atoms with van der Waals surface area (Å²) < 4.78 is 0. The molecular weight excluding hydrogens is 256 g/mol. The van der Waals surface area contributed by atoms with Gasteiger partial charge in [-0.2, -0.15) is 0 Å². The molecule has 1 heterocycles. The summed E-state index contributed by atoms with van der Waals surface area (Å²) in [6.07, 6.45) is 1.41. The number of rotatable bonds is 3. The summed E-state index contributed by atoms with van der Waals surface area (Å²) in [6, 6.07) is 5.34. The van der Waals surface area contributed by atoms with E-state index < -0.39 is 6.10 Å². The number of hydrogen-bond acceptors (Lipinski definition) is 4. The third-order valence-corrected chi connectivity index (χ3v) is 4.13. The highest BCUT2D eigenvalue weighted by molar-refractivity contribution is 5.65. The second kappa shape index (κ2) is 5.79. The van der Waals surface area contributed by atoms with Crippen LogP contribution in [0, 0.1) is 16.0 Å². The lowest BCUT2D eigenvalue weighted by molar-refractivity contribution is -0.384. The second-order valence-corrected chi connectivity index (χ2v) is 5.85. The van der Waals surface area contributed by atoms with Crippen LogP contribution >= 0.6 is 0 Å². The summed E-state index contributed by atoms with van der Waals surface area (Å²) in [5.74, 6) is 0.664. The molecule has 0 bridgehead atoms. The van der Waals surface area contributed by atoms with Crippen molar-refractivity contribution in [3.8, 4) is 0 Å². The van der Waals surface area contributed by atoms with Crippen LogP contribution in [0.3, 0.4) is 0 Å². The monoisotopic (exact) mass is 278 g/mol. The first-order chi connectivity index (χ1) is 9.40. The number of nitro benzene ring substituents is 1.